The molecular formula is C21H24ClN3O3. The van der Waals surface area contributed by atoms with Gasteiger partial charge in [0, 0.05) is 12.2 Å². The summed E-state index contributed by atoms with van der Waals surface area (Å²) in [6.07, 6.45) is 0.302. The summed E-state index contributed by atoms with van der Waals surface area (Å²) in [5, 5.41) is 3.23. The molecule has 1 unspecified atom stereocenters. The molecule has 0 fully saturated rings. The van der Waals surface area contributed by atoms with Gasteiger partial charge >= 0.3 is 0 Å². The average Bonchev–Trinajstić information content (AvgIpc) is 2.65. The van der Waals surface area contributed by atoms with Gasteiger partial charge < -0.3 is 19.9 Å². The fourth-order valence-corrected chi connectivity index (χ4v) is 3.33. The van der Waals surface area contributed by atoms with Crippen LogP contribution < -0.4 is 15.0 Å². The molecule has 1 atom stereocenters. The van der Waals surface area contributed by atoms with Gasteiger partial charge in [-0.1, -0.05) is 23.7 Å². The van der Waals surface area contributed by atoms with E-state index in [1.807, 2.05) is 14.1 Å². The Kier molecular flexibility index (Phi) is 6.21. The maximum atomic E-state index is 12.6. The largest absolute Gasteiger partial charge is 0.479 e. The van der Waals surface area contributed by atoms with Crippen molar-refractivity contribution in [3.8, 4) is 5.75 Å². The molecule has 0 spiro atoms. The van der Waals surface area contributed by atoms with Crippen molar-refractivity contribution in [3.63, 3.8) is 0 Å². The van der Waals surface area contributed by atoms with Crippen molar-refractivity contribution in [1.82, 2.24) is 4.90 Å². The zero-order valence-corrected chi connectivity index (χ0v) is 17.0. The summed E-state index contributed by atoms with van der Waals surface area (Å²) < 4.78 is 5.73. The molecule has 3 rings (SSSR count). The third kappa shape index (κ3) is 4.46. The Morgan fingerprint density at radius 1 is 1.25 bits per heavy atom. The van der Waals surface area contributed by atoms with Crippen LogP contribution in [-0.4, -0.2) is 50.0 Å². The predicted octanol–water partition coefficient (Wildman–Crippen LogP) is 3.66. The van der Waals surface area contributed by atoms with Crippen LogP contribution in [0.4, 0.5) is 11.4 Å². The number of hydrogen-bond acceptors (Lipinski definition) is 4. The van der Waals surface area contributed by atoms with E-state index in [1.54, 1.807) is 54.3 Å². The van der Waals surface area contributed by atoms with Crippen LogP contribution >= 0.6 is 11.6 Å². The van der Waals surface area contributed by atoms with E-state index in [0.717, 1.165) is 13.0 Å². The summed E-state index contributed by atoms with van der Waals surface area (Å²) in [5.41, 5.74) is 1.64. The first kappa shape index (κ1) is 20.2. The number of amides is 2. The number of fused-ring (bicyclic) bond motifs is 1. The molecule has 1 aliphatic heterocycles. The molecule has 1 N–H and O–H groups in total. The van der Waals surface area contributed by atoms with Gasteiger partial charge in [-0.3, -0.25) is 9.59 Å². The molecule has 0 saturated heterocycles. The Bertz CT molecular complexity index is 885. The topological polar surface area (TPSA) is 61.9 Å². The third-order valence-electron chi connectivity index (χ3n) is 4.53. The molecule has 2 amide bonds. The van der Waals surface area contributed by atoms with Gasteiger partial charge in [0.25, 0.3) is 11.8 Å². The molecule has 2 aromatic rings. The smallest absolute Gasteiger partial charge is 0.267 e. The number of hydrogen-bond donors (Lipinski definition) is 1. The fourth-order valence-electron chi connectivity index (χ4n) is 3.10. The molecule has 7 heteroatoms. The lowest BCUT2D eigenvalue weighted by atomic mass is 10.1. The number of nitrogens with zero attached hydrogens (tertiary/aromatic N) is 2. The summed E-state index contributed by atoms with van der Waals surface area (Å²) >= 11 is 6.10. The van der Waals surface area contributed by atoms with Gasteiger partial charge in [-0.15, -0.1) is 0 Å². The van der Waals surface area contributed by atoms with Crippen LogP contribution in [0.3, 0.4) is 0 Å². The molecule has 28 heavy (non-hydrogen) atoms. The molecular weight excluding hydrogens is 378 g/mol. The highest BCUT2D eigenvalue weighted by Crippen LogP contribution is 2.36. The number of carbonyl (C=O) groups excluding carboxylic acids is 2. The van der Waals surface area contributed by atoms with Crippen molar-refractivity contribution >= 4 is 34.8 Å². The van der Waals surface area contributed by atoms with E-state index in [-0.39, 0.29) is 11.8 Å². The highest BCUT2D eigenvalue weighted by molar-refractivity contribution is 6.34. The van der Waals surface area contributed by atoms with Gasteiger partial charge in [-0.25, -0.2) is 0 Å². The lowest BCUT2D eigenvalue weighted by Crippen LogP contribution is -2.45. The normalized spacial score (nSPS) is 16.0. The summed E-state index contributed by atoms with van der Waals surface area (Å²) in [7, 11) is 4.00. The van der Waals surface area contributed by atoms with E-state index in [4.69, 9.17) is 16.3 Å². The first-order valence-corrected chi connectivity index (χ1v) is 9.57. The standard InChI is InChI=1S/C21H24ClN3O3/c1-14-21(27)25(12-6-11-24(2)3)18-13-15(9-10-19(18)28-14)23-20(26)16-7-4-5-8-17(16)22/h4-5,7-10,13-14H,6,11-12H2,1-3H3,(H,23,26). The van der Waals surface area contributed by atoms with Gasteiger partial charge in [0.15, 0.2) is 6.10 Å². The predicted molar refractivity (Wildman–Crippen MR) is 111 cm³/mol. The second-order valence-electron chi connectivity index (χ2n) is 7.02. The lowest BCUT2D eigenvalue weighted by molar-refractivity contribution is -0.125. The molecule has 0 aliphatic carbocycles. The lowest BCUT2D eigenvalue weighted by Gasteiger charge is -2.33. The molecule has 0 aromatic heterocycles. The van der Waals surface area contributed by atoms with Crippen LogP contribution in [-0.2, 0) is 4.79 Å². The molecule has 1 heterocycles. The summed E-state index contributed by atoms with van der Waals surface area (Å²) in [4.78, 5) is 29.0. The van der Waals surface area contributed by atoms with Crippen molar-refractivity contribution < 1.29 is 14.3 Å². The second kappa shape index (κ2) is 8.63. The van der Waals surface area contributed by atoms with Crippen molar-refractivity contribution in [2.24, 2.45) is 0 Å². The van der Waals surface area contributed by atoms with Crippen LogP contribution in [0.1, 0.15) is 23.7 Å². The quantitative estimate of drug-likeness (QED) is 0.802. The molecule has 0 radical (unpaired) electrons. The highest BCUT2D eigenvalue weighted by Gasteiger charge is 2.31. The van der Waals surface area contributed by atoms with Gasteiger partial charge in [0.05, 0.1) is 16.3 Å². The Labute approximate surface area is 170 Å². The van der Waals surface area contributed by atoms with Crippen LogP contribution in [0.2, 0.25) is 5.02 Å². The first-order valence-electron chi connectivity index (χ1n) is 9.19. The van der Waals surface area contributed by atoms with Crippen LogP contribution in [0.5, 0.6) is 5.75 Å². The maximum absolute atomic E-state index is 12.6. The van der Waals surface area contributed by atoms with Crippen molar-refractivity contribution in [2.45, 2.75) is 19.4 Å². The minimum Gasteiger partial charge on any atom is -0.479 e. The summed E-state index contributed by atoms with van der Waals surface area (Å²) in [6.45, 7) is 3.20. The van der Waals surface area contributed by atoms with E-state index >= 15 is 0 Å². The molecule has 2 aromatic carbocycles. The van der Waals surface area contributed by atoms with E-state index in [9.17, 15) is 9.59 Å². The Hall–Kier alpha value is -2.57. The Balaban J connectivity index is 1.83. The molecule has 0 bridgehead atoms. The summed E-state index contributed by atoms with van der Waals surface area (Å²) in [6, 6.07) is 12.2. The number of rotatable bonds is 6. The molecule has 1 aliphatic rings. The van der Waals surface area contributed by atoms with Crippen LogP contribution in [0, 0.1) is 0 Å². The number of halogens is 1. The average molecular weight is 402 g/mol. The monoisotopic (exact) mass is 401 g/mol. The van der Waals surface area contributed by atoms with Gasteiger partial charge in [-0.2, -0.15) is 0 Å². The minimum atomic E-state index is -0.532. The number of nitrogens with one attached hydrogen (secondary N) is 1. The van der Waals surface area contributed by atoms with Gasteiger partial charge in [0.1, 0.15) is 5.75 Å². The van der Waals surface area contributed by atoms with Crippen molar-refractivity contribution in [1.29, 1.82) is 0 Å². The first-order chi connectivity index (χ1) is 13.4. The second-order valence-corrected chi connectivity index (χ2v) is 7.43. The number of benzene rings is 2. The summed E-state index contributed by atoms with van der Waals surface area (Å²) in [5.74, 6) is 0.245. The SMILES string of the molecule is CC1Oc2ccc(NC(=O)c3ccccc3Cl)cc2N(CCCN(C)C)C1=O. The zero-order chi connectivity index (χ0) is 20.3. The molecule has 0 saturated carbocycles. The van der Waals surface area contributed by atoms with E-state index in [2.05, 4.69) is 10.2 Å². The Morgan fingerprint density at radius 3 is 2.71 bits per heavy atom. The highest BCUT2D eigenvalue weighted by atomic mass is 35.5. The van der Waals surface area contributed by atoms with E-state index in [0.29, 0.717) is 34.3 Å². The number of ether oxygens (including phenoxy) is 1. The molecule has 148 valence electrons. The van der Waals surface area contributed by atoms with E-state index < -0.39 is 6.10 Å². The Morgan fingerprint density at radius 2 is 2.00 bits per heavy atom. The minimum absolute atomic E-state index is 0.0826. The number of carbonyl (C=O) groups is 2. The van der Waals surface area contributed by atoms with Crippen LogP contribution in [0.25, 0.3) is 0 Å². The van der Waals surface area contributed by atoms with Crippen LogP contribution in [0.15, 0.2) is 42.5 Å². The van der Waals surface area contributed by atoms with Crippen molar-refractivity contribution in [2.75, 3.05) is 37.4 Å². The van der Waals surface area contributed by atoms with Gasteiger partial charge in [0.2, 0.25) is 0 Å². The fraction of sp³-hybridized carbons (Fsp3) is 0.333. The van der Waals surface area contributed by atoms with E-state index in [1.165, 1.54) is 0 Å². The molecule has 6 nitrogen and oxygen atoms in total. The zero-order valence-electron chi connectivity index (χ0n) is 16.2. The maximum Gasteiger partial charge on any atom is 0.267 e. The van der Waals surface area contributed by atoms with Crippen molar-refractivity contribution in [3.05, 3.63) is 53.1 Å². The number of anilines is 2. The van der Waals surface area contributed by atoms with Gasteiger partial charge in [-0.05, 0) is 64.3 Å². The third-order valence-corrected chi connectivity index (χ3v) is 4.86.